The normalized spacial score (nSPS) is 12.5. The second-order valence-corrected chi connectivity index (χ2v) is 5.71. The second kappa shape index (κ2) is 6.02. The number of rotatable bonds is 3. The highest BCUT2D eigenvalue weighted by atomic mass is 35.5. The van der Waals surface area contributed by atoms with E-state index in [-0.39, 0.29) is 0 Å². The van der Waals surface area contributed by atoms with E-state index < -0.39 is 6.10 Å². The van der Waals surface area contributed by atoms with Crippen molar-refractivity contribution in [1.82, 2.24) is 4.98 Å². The van der Waals surface area contributed by atoms with Gasteiger partial charge in [-0.1, -0.05) is 53.5 Å². The first kappa shape index (κ1) is 14.3. The molecule has 1 N–H and O–H groups in total. The monoisotopic (exact) mass is 317 g/mol. The molecule has 1 aromatic heterocycles. The molecule has 0 aliphatic heterocycles. The van der Waals surface area contributed by atoms with Gasteiger partial charge in [0.2, 0.25) is 0 Å². The van der Waals surface area contributed by atoms with E-state index >= 15 is 0 Å². The Hall–Kier alpha value is -1.61. The molecule has 0 bridgehead atoms. The van der Waals surface area contributed by atoms with E-state index in [0.29, 0.717) is 22.2 Å². The van der Waals surface area contributed by atoms with Gasteiger partial charge >= 0.3 is 0 Å². The number of benzene rings is 2. The predicted molar refractivity (Wildman–Crippen MR) is 86.9 cm³/mol. The Morgan fingerprint density at radius 2 is 1.76 bits per heavy atom. The van der Waals surface area contributed by atoms with Crippen molar-refractivity contribution < 1.29 is 5.11 Å². The van der Waals surface area contributed by atoms with Crippen molar-refractivity contribution in [3.05, 3.63) is 75.9 Å². The maximum atomic E-state index is 10.4. The molecule has 1 atom stereocenters. The summed E-state index contributed by atoms with van der Waals surface area (Å²) in [6, 6.07) is 17.0. The van der Waals surface area contributed by atoms with Crippen LogP contribution in [0.4, 0.5) is 0 Å². The Bertz CT molecular complexity index is 789. The predicted octanol–water partition coefficient (Wildman–Crippen LogP) is 4.82. The summed E-state index contributed by atoms with van der Waals surface area (Å²) in [5, 5.41) is 12.4. The molecule has 0 radical (unpaired) electrons. The fourth-order valence-electron chi connectivity index (χ4n) is 2.26. The Labute approximate surface area is 133 Å². The third kappa shape index (κ3) is 3.18. The van der Waals surface area contributed by atoms with Gasteiger partial charge in [-0.15, -0.1) is 0 Å². The summed E-state index contributed by atoms with van der Waals surface area (Å²) < 4.78 is 0. The maximum absolute atomic E-state index is 10.4. The van der Waals surface area contributed by atoms with E-state index in [1.807, 2.05) is 42.5 Å². The van der Waals surface area contributed by atoms with Crippen molar-refractivity contribution >= 4 is 34.1 Å². The van der Waals surface area contributed by atoms with Crippen molar-refractivity contribution in [2.45, 2.75) is 12.5 Å². The van der Waals surface area contributed by atoms with Crippen molar-refractivity contribution in [2.24, 2.45) is 0 Å². The number of nitrogens with zero attached hydrogens (tertiary/aromatic N) is 1. The van der Waals surface area contributed by atoms with Gasteiger partial charge in [-0.3, -0.25) is 4.98 Å². The molecule has 2 aromatic carbocycles. The second-order valence-electron chi connectivity index (χ2n) is 4.90. The molecule has 106 valence electrons. The average molecular weight is 318 g/mol. The van der Waals surface area contributed by atoms with Crippen LogP contribution >= 0.6 is 23.2 Å². The van der Waals surface area contributed by atoms with Crippen molar-refractivity contribution in [1.29, 1.82) is 0 Å². The number of hydrogen-bond donors (Lipinski definition) is 1. The van der Waals surface area contributed by atoms with Gasteiger partial charge in [0.25, 0.3) is 0 Å². The van der Waals surface area contributed by atoms with Gasteiger partial charge in [-0.05, 0) is 29.8 Å². The van der Waals surface area contributed by atoms with Crippen LogP contribution in [-0.4, -0.2) is 10.1 Å². The largest absolute Gasteiger partial charge is 0.386 e. The summed E-state index contributed by atoms with van der Waals surface area (Å²) in [5.41, 5.74) is 2.45. The van der Waals surface area contributed by atoms with Gasteiger partial charge in [0.15, 0.2) is 0 Å². The number of para-hydroxylation sites is 1. The molecule has 2 nitrogen and oxygen atoms in total. The van der Waals surface area contributed by atoms with Crippen LogP contribution in [0.1, 0.15) is 17.4 Å². The van der Waals surface area contributed by atoms with E-state index in [2.05, 4.69) is 4.98 Å². The van der Waals surface area contributed by atoms with Crippen LogP contribution in [0.15, 0.2) is 54.6 Å². The van der Waals surface area contributed by atoms with Crippen LogP contribution in [0.5, 0.6) is 0 Å². The molecule has 0 fully saturated rings. The molecule has 1 unspecified atom stereocenters. The van der Waals surface area contributed by atoms with E-state index in [4.69, 9.17) is 23.2 Å². The molecule has 0 saturated heterocycles. The first-order valence-corrected chi connectivity index (χ1v) is 7.37. The molecule has 0 aliphatic carbocycles. The summed E-state index contributed by atoms with van der Waals surface area (Å²) in [4.78, 5) is 4.50. The van der Waals surface area contributed by atoms with Crippen molar-refractivity contribution in [2.75, 3.05) is 0 Å². The SMILES string of the molecule is OC(Cc1ccc(Cl)c(Cl)c1)c1ccc2ccccc2n1. The Kier molecular flexibility index (Phi) is 4.11. The van der Waals surface area contributed by atoms with Gasteiger partial charge in [0.05, 0.1) is 27.4 Å². The van der Waals surface area contributed by atoms with Crippen LogP contribution in [0.25, 0.3) is 10.9 Å². The minimum absolute atomic E-state index is 0.447. The van der Waals surface area contributed by atoms with Gasteiger partial charge in [-0.2, -0.15) is 0 Å². The van der Waals surface area contributed by atoms with E-state index in [9.17, 15) is 5.11 Å². The van der Waals surface area contributed by atoms with Crippen LogP contribution in [0.3, 0.4) is 0 Å². The highest BCUT2D eigenvalue weighted by molar-refractivity contribution is 6.42. The number of aliphatic hydroxyl groups is 1. The fourth-order valence-corrected chi connectivity index (χ4v) is 2.58. The topological polar surface area (TPSA) is 33.1 Å². The quantitative estimate of drug-likeness (QED) is 0.751. The molecular formula is C17H13Cl2NO. The zero-order chi connectivity index (χ0) is 14.8. The molecule has 21 heavy (non-hydrogen) atoms. The molecule has 1 heterocycles. The molecule has 0 saturated carbocycles. The van der Waals surface area contributed by atoms with Gasteiger partial charge in [-0.25, -0.2) is 0 Å². The van der Waals surface area contributed by atoms with Gasteiger partial charge < -0.3 is 5.11 Å². The van der Waals surface area contributed by atoms with E-state index in [0.717, 1.165) is 16.5 Å². The lowest BCUT2D eigenvalue weighted by Crippen LogP contribution is -2.04. The number of halogens is 2. The summed E-state index contributed by atoms with van der Waals surface area (Å²) in [6.07, 6.45) is -0.228. The number of aromatic nitrogens is 1. The average Bonchev–Trinajstić information content (AvgIpc) is 2.50. The fraction of sp³-hybridized carbons (Fsp3) is 0.118. The molecule has 0 spiro atoms. The standard InChI is InChI=1S/C17H13Cl2NO/c18-13-7-5-11(9-14(13)19)10-17(21)16-8-6-12-3-1-2-4-15(12)20-16/h1-9,17,21H,10H2. The number of aliphatic hydroxyl groups excluding tert-OH is 1. The lowest BCUT2D eigenvalue weighted by molar-refractivity contribution is 0.174. The van der Waals surface area contributed by atoms with Gasteiger partial charge in [0.1, 0.15) is 0 Å². The summed E-state index contributed by atoms with van der Waals surface area (Å²) in [5.74, 6) is 0. The number of hydrogen-bond acceptors (Lipinski definition) is 2. The Balaban J connectivity index is 1.85. The Morgan fingerprint density at radius 1 is 0.952 bits per heavy atom. The highest BCUT2D eigenvalue weighted by Gasteiger charge is 2.11. The van der Waals surface area contributed by atoms with Crippen LogP contribution in [0.2, 0.25) is 10.0 Å². The van der Waals surface area contributed by atoms with Crippen molar-refractivity contribution in [3.63, 3.8) is 0 Å². The Morgan fingerprint density at radius 3 is 2.57 bits per heavy atom. The molecule has 3 aromatic rings. The lowest BCUT2D eigenvalue weighted by Gasteiger charge is -2.11. The van der Waals surface area contributed by atoms with Gasteiger partial charge in [0, 0.05) is 11.8 Å². The van der Waals surface area contributed by atoms with Crippen LogP contribution in [0, 0.1) is 0 Å². The number of fused-ring (bicyclic) bond motifs is 1. The zero-order valence-electron chi connectivity index (χ0n) is 11.1. The van der Waals surface area contributed by atoms with E-state index in [1.54, 1.807) is 12.1 Å². The lowest BCUT2D eigenvalue weighted by atomic mass is 10.0. The summed E-state index contributed by atoms with van der Waals surface area (Å²) in [6.45, 7) is 0. The van der Waals surface area contributed by atoms with Crippen molar-refractivity contribution in [3.8, 4) is 0 Å². The third-order valence-corrected chi connectivity index (χ3v) is 4.11. The zero-order valence-corrected chi connectivity index (χ0v) is 12.6. The highest BCUT2D eigenvalue weighted by Crippen LogP contribution is 2.26. The third-order valence-electron chi connectivity index (χ3n) is 3.37. The summed E-state index contributed by atoms with van der Waals surface area (Å²) in [7, 11) is 0. The molecule has 4 heteroatoms. The minimum atomic E-state index is -0.674. The molecule has 0 aliphatic rings. The molecular weight excluding hydrogens is 305 g/mol. The summed E-state index contributed by atoms with van der Waals surface area (Å²) >= 11 is 11.9. The smallest absolute Gasteiger partial charge is 0.1000 e. The van der Waals surface area contributed by atoms with Crippen LogP contribution < -0.4 is 0 Å². The molecule has 3 rings (SSSR count). The molecule has 0 amide bonds. The van der Waals surface area contributed by atoms with E-state index in [1.165, 1.54) is 0 Å². The first-order valence-electron chi connectivity index (χ1n) is 6.61. The number of pyridine rings is 1. The van der Waals surface area contributed by atoms with Crippen LogP contribution in [-0.2, 0) is 6.42 Å². The maximum Gasteiger partial charge on any atom is 0.1000 e. The first-order chi connectivity index (χ1) is 10.1. The minimum Gasteiger partial charge on any atom is -0.386 e.